The second-order valence-electron chi connectivity index (χ2n) is 3.13. The molecule has 84 valence electrons. The second kappa shape index (κ2) is 12.4. The molecule has 0 spiro atoms. The Labute approximate surface area is 93.1 Å². The topological polar surface area (TPSA) is 36.0 Å². The van der Waals surface area contributed by atoms with Gasteiger partial charge >= 0.3 is 0 Å². The molecule has 0 aliphatic rings. The van der Waals surface area contributed by atoms with Crippen LogP contribution in [0.15, 0.2) is 18.5 Å². The summed E-state index contributed by atoms with van der Waals surface area (Å²) < 4.78 is 0. The molecule has 0 radical (unpaired) electrons. The highest BCUT2D eigenvalue weighted by Gasteiger charge is 1.80. The van der Waals surface area contributed by atoms with Crippen LogP contribution >= 0.6 is 12.4 Å². The number of aromatic nitrogens is 1. The first-order valence-corrected chi connectivity index (χ1v) is 5.13. The first kappa shape index (κ1) is 15.8. The molecular formula is C11H22ClNO. The Morgan fingerprint density at radius 1 is 1.14 bits per heavy atom. The lowest BCUT2D eigenvalue weighted by molar-refractivity contribution is 0.476. The SMILES string of the molecule is CCCCCCC.Cl.Oc1cc[nH]c1. The summed E-state index contributed by atoms with van der Waals surface area (Å²) >= 11 is 0. The number of rotatable bonds is 4. The number of unbranched alkanes of at least 4 members (excludes halogenated alkanes) is 4. The highest BCUT2D eigenvalue weighted by molar-refractivity contribution is 5.85. The predicted octanol–water partition coefficient (Wildman–Crippen LogP) is 4.12. The first-order valence-electron chi connectivity index (χ1n) is 5.13. The maximum absolute atomic E-state index is 8.44. The summed E-state index contributed by atoms with van der Waals surface area (Å²) in [5.74, 6) is 0.287. The van der Waals surface area contributed by atoms with Gasteiger partial charge in [0.15, 0.2) is 0 Å². The molecule has 0 atom stereocenters. The summed E-state index contributed by atoms with van der Waals surface area (Å²) in [6.45, 7) is 4.49. The monoisotopic (exact) mass is 219 g/mol. The van der Waals surface area contributed by atoms with Crippen LogP contribution in [0.4, 0.5) is 0 Å². The van der Waals surface area contributed by atoms with Gasteiger partial charge in [0.25, 0.3) is 0 Å². The summed E-state index contributed by atoms with van der Waals surface area (Å²) in [5, 5.41) is 8.44. The number of nitrogens with one attached hydrogen (secondary N) is 1. The van der Waals surface area contributed by atoms with E-state index >= 15 is 0 Å². The predicted molar refractivity (Wildman–Crippen MR) is 64.1 cm³/mol. The molecule has 0 saturated carbocycles. The van der Waals surface area contributed by atoms with E-state index < -0.39 is 0 Å². The maximum atomic E-state index is 8.44. The molecule has 1 aromatic heterocycles. The van der Waals surface area contributed by atoms with Crippen LogP contribution in [0.1, 0.15) is 46.0 Å². The lowest BCUT2D eigenvalue weighted by Crippen LogP contribution is -1.70. The minimum Gasteiger partial charge on any atom is -0.506 e. The van der Waals surface area contributed by atoms with Crippen LogP contribution in [0.3, 0.4) is 0 Å². The third kappa shape index (κ3) is 11.4. The van der Waals surface area contributed by atoms with Gasteiger partial charge in [-0.25, -0.2) is 0 Å². The Balaban J connectivity index is 0. The zero-order valence-electron chi connectivity index (χ0n) is 9.12. The smallest absolute Gasteiger partial charge is 0.132 e. The number of aromatic hydroxyl groups is 1. The van der Waals surface area contributed by atoms with Crippen molar-refractivity contribution in [1.82, 2.24) is 4.98 Å². The normalized spacial score (nSPS) is 8.43. The third-order valence-corrected chi connectivity index (χ3v) is 1.79. The van der Waals surface area contributed by atoms with Crippen LogP contribution < -0.4 is 0 Å². The quantitative estimate of drug-likeness (QED) is 0.735. The van der Waals surface area contributed by atoms with E-state index in [1.54, 1.807) is 12.3 Å². The second-order valence-corrected chi connectivity index (χ2v) is 3.13. The molecule has 0 unspecified atom stereocenters. The highest BCUT2D eigenvalue weighted by Crippen LogP contribution is 2.01. The van der Waals surface area contributed by atoms with Crippen LogP contribution in [0, 0.1) is 0 Å². The van der Waals surface area contributed by atoms with Crippen molar-refractivity contribution in [1.29, 1.82) is 0 Å². The molecule has 14 heavy (non-hydrogen) atoms. The summed E-state index contributed by atoms with van der Waals surface area (Å²) in [5.41, 5.74) is 0. The number of H-pyrrole nitrogens is 1. The molecule has 1 aromatic rings. The van der Waals surface area contributed by atoms with Gasteiger partial charge in [0.1, 0.15) is 5.75 Å². The molecule has 2 N–H and O–H groups in total. The Bertz CT molecular complexity index is 171. The lowest BCUT2D eigenvalue weighted by atomic mass is 10.2. The van der Waals surface area contributed by atoms with Gasteiger partial charge in [-0.05, 0) is 6.07 Å². The van der Waals surface area contributed by atoms with Crippen molar-refractivity contribution < 1.29 is 5.11 Å². The molecular weight excluding hydrogens is 198 g/mol. The van der Waals surface area contributed by atoms with Gasteiger partial charge in [-0.1, -0.05) is 46.0 Å². The molecule has 2 nitrogen and oxygen atoms in total. The fraction of sp³-hybridized carbons (Fsp3) is 0.636. The average Bonchev–Trinajstić information content (AvgIpc) is 2.58. The molecule has 0 bridgehead atoms. The Morgan fingerprint density at radius 3 is 1.93 bits per heavy atom. The van der Waals surface area contributed by atoms with E-state index in [4.69, 9.17) is 5.11 Å². The zero-order chi connectivity index (χ0) is 9.94. The van der Waals surface area contributed by atoms with Crippen molar-refractivity contribution in [2.45, 2.75) is 46.0 Å². The van der Waals surface area contributed by atoms with Crippen molar-refractivity contribution in [2.75, 3.05) is 0 Å². The minimum absolute atomic E-state index is 0. The van der Waals surface area contributed by atoms with Gasteiger partial charge in [0.05, 0.1) is 0 Å². The fourth-order valence-electron chi connectivity index (χ4n) is 0.992. The lowest BCUT2D eigenvalue weighted by Gasteiger charge is -1.90. The van der Waals surface area contributed by atoms with Crippen LogP contribution in [0.2, 0.25) is 0 Å². The zero-order valence-corrected chi connectivity index (χ0v) is 9.94. The molecule has 0 saturated heterocycles. The number of aromatic amines is 1. The third-order valence-electron chi connectivity index (χ3n) is 1.79. The Hall–Kier alpha value is -0.630. The van der Waals surface area contributed by atoms with Gasteiger partial charge in [-0.2, -0.15) is 0 Å². The summed E-state index contributed by atoms with van der Waals surface area (Å²) in [6, 6.07) is 1.58. The Morgan fingerprint density at radius 2 is 1.71 bits per heavy atom. The van der Waals surface area contributed by atoms with Crippen molar-refractivity contribution in [3.8, 4) is 5.75 Å². The van der Waals surface area contributed by atoms with Gasteiger partial charge in [-0.15, -0.1) is 12.4 Å². The molecule has 0 fully saturated rings. The summed E-state index contributed by atoms with van der Waals surface area (Å²) in [7, 11) is 0. The van der Waals surface area contributed by atoms with Crippen LogP contribution in [-0.4, -0.2) is 10.1 Å². The first-order chi connectivity index (χ1) is 6.31. The standard InChI is InChI=1S/C7H16.C4H5NO.ClH/c1-3-5-7-6-4-2;6-4-1-2-5-3-4;/h3-7H2,1-2H3;1-3,5-6H;1H. The van der Waals surface area contributed by atoms with Gasteiger partial charge in [-0.3, -0.25) is 0 Å². The molecule has 1 rings (SSSR count). The van der Waals surface area contributed by atoms with E-state index in [2.05, 4.69) is 18.8 Å². The van der Waals surface area contributed by atoms with Crippen molar-refractivity contribution in [2.24, 2.45) is 0 Å². The highest BCUT2D eigenvalue weighted by atomic mass is 35.5. The van der Waals surface area contributed by atoms with Crippen molar-refractivity contribution >= 4 is 12.4 Å². The van der Waals surface area contributed by atoms with Gasteiger partial charge in [0, 0.05) is 12.4 Å². The Kier molecular flexibility index (Phi) is 14.0. The average molecular weight is 220 g/mol. The van der Waals surface area contributed by atoms with E-state index in [-0.39, 0.29) is 18.2 Å². The maximum Gasteiger partial charge on any atom is 0.132 e. The van der Waals surface area contributed by atoms with Crippen LogP contribution in [-0.2, 0) is 0 Å². The number of halogens is 1. The molecule has 0 aliphatic heterocycles. The van der Waals surface area contributed by atoms with Crippen LogP contribution in [0.5, 0.6) is 5.75 Å². The van der Waals surface area contributed by atoms with Crippen molar-refractivity contribution in [3.05, 3.63) is 18.5 Å². The minimum atomic E-state index is 0. The van der Waals surface area contributed by atoms with E-state index in [0.717, 1.165) is 0 Å². The number of hydrogen-bond donors (Lipinski definition) is 2. The van der Waals surface area contributed by atoms with Gasteiger partial charge in [0.2, 0.25) is 0 Å². The van der Waals surface area contributed by atoms with Crippen molar-refractivity contribution in [3.63, 3.8) is 0 Å². The van der Waals surface area contributed by atoms with E-state index in [9.17, 15) is 0 Å². The van der Waals surface area contributed by atoms with E-state index in [0.29, 0.717) is 0 Å². The molecule has 3 heteroatoms. The van der Waals surface area contributed by atoms with Crippen LogP contribution in [0.25, 0.3) is 0 Å². The molecule has 0 amide bonds. The van der Waals surface area contributed by atoms with E-state index in [1.807, 2.05) is 0 Å². The van der Waals surface area contributed by atoms with E-state index in [1.165, 1.54) is 38.3 Å². The molecule has 0 aromatic carbocycles. The number of hydrogen-bond acceptors (Lipinski definition) is 1. The fourth-order valence-corrected chi connectivity index (χ4v) is 0.992. The molecule has 1 heterocycles. The molecule has 0 aliphatic carbocycles. The summed E-state index contributed by atoms with van der Waals surface area (Å²) in [6.07, 6.45) is 10.2. The summed E-state index contributed by atoms with van der Waals surface area (Å²) in [4.78, 5) is 2.68. The largest absolute Gasteiger partial charge is 0.506 e. The van der Waals surface area contributed by atoms with Gasteiger partial charge < -0.3 is 10.1 Å².